The zero-order valence-corrected chi connectivity index (χ0v) is 13.4. The van der Waals surface area contributed by atoms with E-state index in [-0.39, 0.29) is 6.54 Å². The van der Waals surface area contributed by atoms with Gasteiger partial charge in [0, 0.05) is 11.4 Å². The highest BCUT2D eigenvalue weighted by Crippen LogP contribution is 2.28. The highest BCUT2D eigenvalue weighted by atomic mass is 32.2. The molecule has 0 bridgehead atoms. The number of Topliss-reactive ketones (excluding diaryl/α,β-unsaturated/α-hetero) is 1. The van der Waals surface area contributed by atoms with Gasteiger partial charge in [0.15, 0.2) is 0 Å². The highest BCUT2D eigenvalue weighted by molar-refractivity contribution is 7.98. The van der Waals surface area contributed by atoms with Crippen molar-refractivity contribution in [1.29, 1.82) is 0 Å². The van der Waals surface area contributed by atoms with Gasteiger partial charge in [0.1, 0.15) is 0 Å². The Balaban J connectivity index is 1.91. The average Bonchev–Trinajstić information content (AvgIpc) is 2.90. The van der Waals surface area contributed by atoms with Crippen LogP contribution in [-0.2, 0) is 9.59 Å². The molecule has 2 aromatic rings. The van der Waals surface area contributed by atoms with E-state index >= 15 is 0 Å². The molecule has 116 valence electrons. The molecular formula is C18H15NO3S. The first-order valence-electron chi connectivity index (χ1n) is 7.21. The maximum absolute atomic E-state index is 12.7. The number of hydrogen-bond donors (Lipinski definition) is 0. The quantitative estimate of drug-likeness (QED) is 0.495. The number of carbonyl (C=O) groups excluding carboxylic acids is 3. The van der Waals surface area contributed by atoms with Crippen LogP contribution in [0.25, 0.3) is 0 Å². The number of rotatable bonds is 3. The van der Waals surface area contributed by atoms with E-state index in [1.165, 1.54) is 11.8 Å². The van der Waals surface area contributed by atoms with Crippen LogP contribution in [-0.4, -0.2) is 35.3 Å². The molecular weight excluding hydrogens is 310 g/mol. The molecule has 3 rings (SSSR count). The summed E-state index contributed by atoms with van der Waals surface area (Å²) >= 11 is 1.44. The molecule has 1 fully saturated rings. The van der Waals surface area contributed by atoms with Gasteiger partial charge in [-0.2, -0.15) is 0 Å². The number of imide groups is 1. The van der Waals surface area contributed by atoms with Gasteiger partial charge in [-0.05, 0) is 24.0 Å². The van der Waals surface area contributed by atoms with Crippen LogP contribution in [0.15, 0.2) is 59.5 Å². The summed E-state index contributed by atoms with van der Waals surface area (Å²) in [6.45, 7) is 0.100. The van der Waals surface area contributed by atoms with E-state index in [9.17, 15) is 14.4 Å². The molecule has 0 radical (unpaired) electrons. The molecule has 0 aliphatic carbocycles. The van der Waals surface area contributed by atoms with Crippen LogP contribution < -0.4 is 0 Å². The summed E-state index contributed by atoms with van der Waals surface area (Å²) in [6, 6.07) is 16.2. The Morgan fingerprint density at radius 3 is 2.39 bits per heavy atom. The summed E-state index contributed by atoms with van der Waals surface area (Å²) in [5.74, 6) is -2.23. The Morgan fingerprint density at radius 2 is 1.70 bits per heavy atom. The fraction of sp³-hybridized carbons (Fsp3) is 0.167. The van der Waals surface area contributed by atoms with E-state index in [1.54, 1.807) is 24.3 Å². The number of thioether (sulfide) groups is 1. The monoisotopic (exact) mass is 325 g/mol. The smallest absolute Gasteiger partial charge is 0.288 e. The Bertz CT molecular complexity index is 773. The van der Waals surface area contributed by atoms with Crippen LogP contribution in [0.3, 0.4) is 0 Å². The van der Waals surface area contributed by atoms with Gasteiger partial charge in [0.25, 0.3) is 11.8 Å². The van der Waals surface area contributed by atoms with E-state index in [0.717, 1.165) is 15.4 Å². The van der Waals surface area contributed by atoms with Gasteiger partial charge in [-0.15, -0.1) is 11.8 Å². The minimum Gasteiger partial charge on any atom is -0.288 e. The van der Waals surface area contributed by atoms with Crippen LogP contribution in [0.2, 0.25) is 0 Å². The zero-order chi connectivity index (χ0) is 16.4. The summed E-state index contributed by atoms with van der Waals surface area (Å²) in [6.07, 6.45) is 1.87. The minimum atomic E-state index is -0.722. The molecule has 2 aromatic carbocycles. The molecule has 1 saturated heterocycles. The molecule has 1 heterocycles. The van der Waals surface area contributed by atoms with E-state index in [4.69, 9.17) is 0 Å². The SMILES string of the molecule is CSc1ccccc1C(=O)N1C[C@@H](c2ccccc2)C(=O)C1=O. The first-order valence-corrected chi connectivity index (χ1v) is 8.44. The summed E-state index contributed by atoms with van der Waals surface area (Å²) in [5, 5.41) is 0. The second-order valence-electron chi connectivity index (χ2n) is 5.25. The van der Waals surface area contributed by atoms with Gasteiger partial charge in [-0.1, -0.05) is 42.5 Å². The van der Waals surface area contributed by atoms with Crippen molar-refractivity contribution in [2.75, 3.05) is 12.8 Å². The number of nitrogens with zero attached hydrogens (tertiary/aromatic N) is 1. The lowest BCUT2D eigenvalue weighted by atomic mass is 9.97. The molecule has 23 heavy (non-hydrogen) atoms. The molecule has 1 aliphatic rings. The van der Waals surface area contributed by atoms with Crippen molar-refractivity contribution in [1.82, 2.24) is 4.90 Å². The fourth-order valence-electron chi connectivity index (χ4n) is 2.71. The van der Waals surface area contributed by atoms with Crippen molar-refractivity contribution in [3.8, 4) is 0 Å². The van der Waals surface area contributed by atoms with E-state index in [1.807, 2.05) is 36.6 Å². The molecule has 5 heteroatoms. The molecule has 2 amide bonds. The third-order valence-electron chi connectivity index (χ3n) is 3.92. The molecule has 0 saturated carbocycles. The van der Waals surface area contributed by atoms with E-state index < -0.39 is 23.5 Å². The second-order valence-corrected chi connectivity index (χ2v) is 6.10. The molecule has 1 aliphatic heterocycles. The Labute approximate surface area is 138 Å². The standard InChI is InChI=1S/C18H15NO3S/c1-23-15-10-6-5-9-13(15)17(21)19-11-14(16(20)18(19)22)12-7-3-2-4-8-12/h2-10,14H,11H2,1H3/t14-/m0/s1. The molecule has 0 spiro atoms. The van der Waals surface area contributed by atoms with E-state index in [2.05, 4.69) is 0 Å². The predicted molar refractivity (Wildman–Crippen MR) is 88.5 cm³/mol. The maximum atomic E-state index is 12.7. The summed E-state index contributed by atoms with van der Waals surface area (Å²) in [5.41, 5.74) is 1.22. The van der Waals surface area contributed by atoms with Gasteiger partial charge >= 0.3 is 0 Å². The lowest BCUT2D eigenvalue weighted by Crippen LogP contribution is -2.34. The molecule has 4 nitrogen and oxygen atoms in total. The van der Waals surface area contributed by atoms with Gasteiger partial charge in [0.2, 0.25) is 5.78 Å². The maximum Gasteiger partial charge on any atom is 0.297 e. The number of benzene rings is 2. The van der Waals surface area contributed by atoms with Crippen molar-refractivity contribution in [3.63, 3.8) is 0 Å². The largest absolute Gasteiger partial charge is 0.297 e. The third-order valence-corrected chi connectivity index (χ3v) is 4.72. The molecule has 1 atom stereocenters. The van der Waals surface area contributed by atoms with Crippen LogP contribution in [0.4, 0.5) is 0 Å². The number of hydrogen-bond acceptors (Lipinski definition) is 4. The number of likely N-dealkylation sites (tertiary alicyclic amines) is 1. The van der Waals surface area contributed by atoms with Crippen molar-refractivity contribution < 1.29 is 14.4 Å². The molecule has 0 unspecified atom stereocenters. The number of ketones is 1. The Kier molecular flexibility index (Phi) is 4.30. The highest BCUT2D eigenvalue weighted by Gasteiger charge is 2.43. The molecule has 0 aromatic heterocycles. The minimum absolute atomic E-state index is 0.100. The summed E-state index contributed by atoms with van der Waals surface area (Å²) in [4.78, 5) is 39.1. The number of amides is 2. The summed E-state index contributed by atoms with van der Waals surface area (Å²) < 4.78 is 0. The fourth-order valence-corrected chi connectivity index (χ4v) is 3.30. The lowest BCUT2D eigenvalue weighted by Gasteiger charge is -2.15. The number of carbonyl (C=O) groups is 3. The van der Waals surface area contributed by atoms with Gasteiger partial charge in [0.05, 0.1) is 11.5 Å². The van der Waals surface area contributed by atoms with Crippen molar-refractivity contribution in [2.45, 2.75) is 10.8 Å². The van der Waals surface area contributed by atoms with Crippen molar-refractivity contribution >= 4 is 29.4 Å². The normalized spacial score (nSPS) is 17.6. The molecule has 0 N–H and O–H groups in total. The lowest BCUT2D eigenvalue weighted by molar-refractivity contribution is -0.139. The van der Waals surface area contributed by atoms with E-state index in [0.29, 0.717) is 5.56 Å². The first kappa shape index (κ1) is 15.5. The van der Waals surface area contributed by atoms with Crippen LogP contribution >= 0.6 is 11.8 Å². The predicted octanol–water partition coefficient (Wildman–Crippen LogP) is 2.74. The van der Waals surface area contributed by atoms with Crippen LogP contribution in [0, 0.1) is 0 Å². The van der Waals surface area contributed by atoms with Crippen molar-refractivity contribution in [3.05, 3.63) is 65.7 Å². The Hall–Kier alpha value is -2.40. The van der Waals surface area contributed by atoms with Gasteiger partial charge in [-0.25, -0.2) is 0 Å². The summed E-state index contributed by atoms with van der Waals surface area (Å²) in [7, 11) is 0. The Morgan fingerprint density at radius 1 is 1.04 bits per heavy atom. The van der Waals surface area contributed by atoms with Crippen molar-refractivity contribution in [2.24, 2.45) is 0 Å². The second kappa shape index (κ2) is 6.38. The van der Waals surface area contributed by atoms with Gasteiger partial charge in [-0.3, -0.25) is 19.3 Å². The zero-order valence-electron chi connectivity index (χ0n) is 12.6. The van der Waals surface area contributed by atoms with Crippen LogP contribution in [0.1, 0.15) is 21.8 Å². The van der Waals surface area contributed by atoms with Gasteiger partial charge < -0.3 is 0 Å². The first-order chi connectivity index (χ1) is 11.1. The van der Waals surface area contributed by atoms with Crippen LogP contribution in [0.5, 0.6) is 0 Å². The topological polar surface area (TPSA) is 54.5 Å². The average molecular weight is 325 g/mol. The third kappa shape index (κ3) is 2.80.